The van der Waals surface area contributed by atoms with Crippen molar-refractivity contribution in [1.29, 1.82) is 0 Å². The number of primary amides is 1. The number of amides is 2. The maximum absolute atomic E-state index is 13.1. The SMILES string of the molecule is C[C@@H](Sc1nnc2c(Cl)cc(C(F)(F)F)cn12)C(=O)Nc1sc2c(c1C(N)=O)CCC2. The highest BCUT2D eigenvalue weighted by Gasteiger charge is 2.33. The van der Waals surface area contributed by atoms with Crippen LogP contribution in [0.4, 0.5) is 18.2 Å². The molecular formula is C18H15ClF3N5O2S2. The van der Waals surface area contributed by atoms with Gasteiger partial charge in [0.25, 0.3) is 5.91 Å². The summed E-state index contributed by atoms with van der Waals surface area (Å²) in [5.74, 6) is -1.05. The second-order valence-electron chi connectivity index (χ2n) is 6.93. The summed E-state index contributed by atoms with van der Waals surface area (Å²) < 4.78 is 40.5. The van der Waals surface area contributed by atoms with Crippen molar-refractivity contribution in [3.05, 3.63) is 38.9 Å². The van der Waals surface area contributed by atoms with E-state index in [2.05, 4.69) is 15.5 Å². The Morgan fingerprint density at radius 3 is 2.77 bits per heavy atom. The van der Waals surface area contributed by atoms with Gasteiger partial charge in [-0.05, 0) is 37.8 Å². The maximum Gasteiger partial charge on any atom is 0.417 e. The third kappa shape index (κ3) is 4.11. The molecule has 0 spiro atoms. The van der Waals surface area contributed by atoms with Crippen molar-refractivity contribution in [1.82, 2.24) is 14.6 Å². The summed E-state index contributed by atoms with van der Waals surface area (Å²) >= 11 is 8.16. The lowest BCUT2D eigenvalue weighted by Crippen LogP contribution is -2.24. The number of aromatic nitrogens is 3. The minimum Gasteiger partial charge on any atom is -0.365 e. The molecule has 0 radical (unpaired) electrons. The smallest absolute Gasteiger partial charge is 0.365 e. The van der Waals surface area contributed by atoms with Crippen molar-refractivity contribution in [2.75, 3.05) is 5.32 Å². The number of thiophene rings is 1. The molecule has 0 saturated carbocycles. The number of carbonyl (C=O) groups is 2. The third-order valence-corrected chi connectivity index (χ3v) is 7.35. The molecule has 13 heteroatoms. The molecule has 3 aromatic heterocycles. The summed E-state index contributed by atoms with van der Waals surface area (Å²) in [6.07, 6.45) is -1.27. The number of alkyl halides is 3. The van der Waals surface area contributed by atoms with Crippen LogP contribution in [-0.4, -0.2) is 31.7 Å². The first-order chi connectivity index (χ1) is 14.6. The van der Waals surface area contributed by atoms with Gasteiger partial charge in [0.1, 0.15) is 5.00 Å². The molecule has 0 aromatic carbocycles. The lowest BCUT2D eigenvalue weighted by molar-refractivity contribution is -0.137. The highest BCUT2D eigenvalue weighted by Crippen LogP contribution is 2.39. The van der Waals surface area contributed by atoms with Gasteiger partial charge in [0.2, 0.25) is 5.91 Å². The van der Waals surface area contributed by atoms with Gasteiger partial charge in [-0.3, -0.25) is 14.0 Å². The van der Waals surface area contributed by atoms with Crippen LogP contribution in [0.5, 0.6) is 0 Å². The van der Waals surface area contributed by atoms with Gasteiger partial charge in [0.05, 0.1) is 21.4 Å². The highest BCUT2D eigenvalue weighted by molar-refractivity contribution is 8.00. The Kier molecular flexibility index (Phi) is 5.64. The van der Waals surface area contributed by atoms with E-state index in [-0.39, 0.29) is 15.8 Å². The average molecular weight is 490 g/mol. The number of nitrogens with zero attached hydrogens (tertiary/aromatic N) is 3. The number of halogens is 4. The minimum absolute atomic E-state index is 0.0514. The zero-order chi connectivity index (χ0) is 22.5. The van der Waals surface area contributed by atoms with E-state index in [1.165, 1.54) is 11.3 Å². The minimum atomic E-state index is -4.60. The van der Waals surface area contributed by atoms with Gasteiger partial charge in [-0.25, -0.2) is 0 Å². The first-order valence-corrected chi connectivity index (χ1v) is 11.2. The fourth-order valence-corrected chi connectivity index (χ4v) is 5.71. The first-order valence-electron chi connectivity index (χ1n) is 9.09. The predicted molar refractivity (Wildman–Crippen MR) is 112 cm³/mol. The molecule has 3 N–H and O–H groups in total. The van der Waals surface area contributed by atoms with Crippen LogP contribution in [0, 0.1) is 0 Å². The van der Waals surface area contributed by atoms with Gasteiger partial charge >= 0.3 is 6.18 Å². The van der Waals surface area contributed by atoms with Crippen LogP contribution in [0.15, 0.2) is 17.4 Å². The van der Waals surface area contributed by atoms with Gasteiger partial charge in [-0.15, -0.1) is 21.5 Å². The lowest BCUT2D eigenvalue weighted by atomic mass is 10.1. The van der Waals surface area contributed by atoms with Crippen molar-refractivity contribution >= 4 is 57.2 Å². The van der Waals surface area contributed by atoms with Crippen molar-refractivity contribution in [2.45, 2.75) is 42.8 Å². The van der Waals surface area contributed by atoms with E-state index in [9.17, 15) is 22.8 Å². The van der Waals surface area contributed by atoms with Gasteiger partial charge in [-0.1, -0.05) is 23.4 Å². The summed E-state index contributed by atoms with van der Waals surface area (Å²) in [7, 11) is 0. The number of carbonyl (C=O) groups excluding carboxylic acids is 2. The number of anilines is 1. The number of nitrogens with two attached hydrogens (primary N) is 1. The molecule has 3 aromatic rings. The summed E-state index contributed by atoms with van der Waals surface area (Å²) in [5, 5.41) is 9.92. The quantitative estimate of drug-likeness (QED) is 0.524. The van der Waals surface area contributed by atoms with E-state index < -0.39 is 28.8 Å². The summed E-state index contributed by atoms with van der Waals surface area (Å²) in [6.45, 7) is 1.57. The zero-order valence-electron chi connectivity index (χ0n) is 15.9. The second kappa shape index (κ2) is 7.99. The molecule has 31 heavy (non-hydrogen) atoms. The van der Waals surface area contributed by atoms with Crippen LogP contribution in [-0.2, 0) is 23.8 Å². The number of hydrogen-bond acceptors (Lipinski definition) is 6. The summed E-state index contributed by atoms with van der Waals surface area (Å²) in [4.78, 5) is 25.6. The average Bonchev–Trinajstić information content (AvgIpc) is 3.35. The number of rotatable bonds is 5. The topological polar surface area (TPSA) is 102 Å². The monoisotopic (exact) mass is 489 g/mol. The van der Waals surface area contributed by atoms with E-state index in [0.717, 1.165) is 58.1 Å². The van der Waals surface area contributed by atoms with E-state index in [0.29, 0.717) is 10.6 Å². The van der Waals surface area contributed by atoms with E-state index >= 15 is 0 Å². The molecule has 1 atom stereocenters. The maximum atomic E-state index is 13.1. The molecule has 0 bridgehead atoms. The van der Waals surface area contributed by atoms with Crippen LogP contribution >= 0.6 is 34.7 Å². The van der Waals surface area contributed by atoms with Crippen molar-refractivity contribution in [2.24, 2.45) is 5.73 Å². The van der Waals surface area contributed by atoms with Crippen molar-refractivity contribution in [3.8, 4) is 0 Å². The predicted octanol–water partition coefficient (Wildman–Crippen LogP) is 4.17. The van der Waals surface area contributed by atoms with E-state index in [1.807, 2.05) is 0 Å². The van der Waals surface area contributed by atoms with E-state index in [4.69, 9.17) is 17.3 Å². The van der Waals surface area contributed by atoms with Crippen LogP contribution in [0.25, 0.3) is 5.65 Å². The molecule has 0 saturated heterocycles. The molecule has 164 valence electrons. The second-order valence-corrected chi connectivity index (χ2v) is 9.75. The Morgan fingerprint density at radius 2 is 2.10 bits per heavy atom. The molecule has 2 amide bonds. The number of fused-ring (bicyclic) bond motifs is 2. The van der Waals surface area contributed by atoms with Crippen molar-refractivity contribution < 1.29 is 22.8 Å². The summed E-state index contributed by atoms with van der Waals surface area (Å²) in [6, 6.07) is 0.775. The van der Waals surface area contributed by atoms with Crippen LogP contribution in [0.2, 0.25) is 5.02 Å². The first kappa shape index (κ1) is 21.9. The van der Waals surface area contributed by atoms with Crippen LogP contribution in [0.3, 0.4) is 0 Å². The molecule has 4 rings (SSSR count). The largest absolute Gasteiger partial charge is 0.417 e. The number of aryl methyl sites for hydroxylation is 1. The molecule has 0 aliphatic heterocycles. The van der Waals surface area contributed by atoms with Crippen LogP contribution in [0.1, 0.15) is 39.7 Å². The van der Waals surface area contributed by atoms with E-state index in [1.54, 1.807) is 6.92 Å². The number of hydrogen-bond donors (Lipinski definition) is 2. The lowest BCUT2D eigenvalue weighted by Gasteiger charge is -2.12. The summed E-state index contributed by atoms with van der Waals surface area (Å²) in [5.41, 5.74) is 5.81. The number of nitrogens with one attached hydrogen (secondary N) is 1. The van der Waals surface area contributed by atoms with Gasteiger partial charge in [0, 0.05) is 11.1 Å². The fraction of sp³-hybridized carbons (Fsp3) is 0.333. The standard InChI is InChI=1S/C18H15ClF3N5O2S2/c1-7(15(29)24-16-12(13(23)28)9-3-2-4-11(9)31-16)30-17-26-25-14-10(19)5-8(6-27(14)17)18(20,21)22/h5-7H,2-4H2,1H3,(H2,23,28)(H,24,29)/t7-/m1/s1. The van der Waals surface area contributed by atoms with Gasteiger partial charge in [-0.2, -0.15) is 13.2 Å². The van der Waals surface area contributed by atoms with Crippen LogP contribution < -0.4 is 11.1 Å². The number of thioether (sulfide) groups is 1. The molecule has 3 heterocycles. The third-order valence-electron chi connectivity index (χ3n) is 4.81. The Labute approximate surface area is 187 Å². The molecule has 0 fully saturated rings. The van der Waals surface area contributed by atoms with Gasteiger partial charge < -0.3 is 11.1 Å². The number of pyridine rings is 1. The highest BCUT2D eigenvalue weighted by atomic mass is 35.5. The normalized spacial score (nSPS) is 14.6. The van der Waals surface area contributed by atoms with Gasteiger partial charge in [0.15, 0.2) is 10.8 Å². The molecule has 7 nitrogen and oxygen atoms in total. The Hall–Kier alpha value is -2.31. The Bertz CT molecular complexity index is 1210. The Morgan fingerprint density at radius 1 is 1.35 bits per heavy atom. The fourth-order valence-electron chi connectivity index (χ4n) is 3.35. The molecular weight excluding hydrogens is 475 g/mol. The Balaban J connectivity index is 1.57. The zero-order valence-corrected chi connectivity index (χ0v) is 18.3. The molecule has 1 aliphatic rings. The molecule has 1 aliphatic carbocycles. The molecule has 0 unspecified atom stereocenters. The van der Waals surface area contributed by atoms with Crippen molar-refractivity contribution in [3.63, 3.8) is 0 Å².